The van der Waals surface area contributed by atoms with E-state index in [1.165, 1.54) is 0 Å². The molecule has 0 bridgehead atoms. The Bertz CT molecular complexity index is 434. The van der Waals surface area contributed by atoms with Gasteiger partial charge in [-0.2, -0.15) is 0 Å². The number of likely N-dealkylation sites (N-methyl/N-ethyl adjacent to an activating group) is 1. The standard InChI is InChI=1S/C14H20N2O2/c1-10(8-15)16(2)14(17)12-7-11-5-3-4-6-13(11)18-9-12/h3-6,10,12H,7-9,15H2,1-2H3. The first kappa shape index (κ1) is 12.9. The lowest BCUT2D eigenvalue weighted by Crippen LogP contribution is -2.45. The summed E-state index contributed by atoms with van der Waals surface area (Å²) in [5.74, 6) is 0.914. The summed E-state index contributed by atoms with van der Waals surface area (Å²) in [6, 6.07) is 7.95. The highest BCUT2D eigenvalue weighted by Gasteiger charge is 2.29. The zero-order valence-corrected chi connectivity index (χ0v) is 10.9. The minimum atomic E-state index is -0.0982. The Morgan fingerprint density at radius 3 is 3.00 bits per heavy atom. The summed E-state index contributed by atoms with van der Waals surface area (Å²) in [6.45, 7) is 2.89. The first-order chi connectivity index (χ1) is 8.63. The number of fused-ring (bicyclic) bond motifs is 1. The number of amides is 1. The van der Waals surface area contributed by atoms with E-state index >= 15 is 0 Å². The van der Waals surface area contributed by atoms with Gasteiger partial charge < -0.3 is 15.4 Å². The average molecular weight is 248 g/mol. The van der Waals surface area contributed by atoms with Crippen LogP contribution < -0.4 is 10.5 Å². The molecule has 0 aliphatic carbocycles. The van der Waals surface area contributed by atoms with Gasteiger partial charge in [0.05, 0.1) is 5.92 Å². The maximum absolute atomic E-state index is 12.3. The molecule has 1 aromatic carbocycles. The Morgan fingerprint density at radius 2 is 2.28 bits per heavy atom. The van der Waals surface area contributed by atoms with Gasteiger partial charge in [0.2, 0.25) is 5.91 Å². The molecule has 0 saturated heterocycles. The molecule has 1 amide bonds. The van der Waals surface area contributed by atoms with Crippen molar-refractivity contribution in [3.63, 3.8) is 0 Å². The number of carbonyl (C=O) groups is 1. The summed E-state index contributed by atoms with van der Waals surface area (Å²) >= 11 is 0. The van der Waals surface area contributed by atoms with Gasteiger partial charge in [-0.15, -0.1) is 0 Å². The number of hydrogen-bond acceptors (Lipinski definition) is 3. The highest BCUT2D eigenvalue weighted by Crippen LogP contribution is 2.27. The van der Waals surface area contributed by atoms with E-state index in [4.69, 9.17) is 10.5 Å². The van der Waals surface area contributed by atoms with Crippen LogP contribution in [0.15, 0.2) is 24.3 Å². The van der Waals surface area contributed by atoms with E-state index in [2.05, 4.69) is 0 Å². The smallest absolute Gasteiger partial charge is 0.229 e. The predicted octanol–water partition coefficient (Wildman–Crippen LogP) is 1.04. The molecule has 0 aromatic heterocycles. The number of nitrogens with zero attached hydrogens (tertiary/aromatic N) is 1. The van der Waals surface area contributed by atoms with Crippen LogP contribution in [0.3, 0.4) is 0 Å². The first-order valence-corrected chi connectivity index (χ1v) is 6.31. The molecule has 2 atom stereocenters. The second-order valence-corrected chi connectivity index (χ2v) is 4.85. The quantitative estimate of drug-likeness (QED) is 0.869. The van der Waals surface area contributed by atoms with Crippen molar-refractivity contribution in [3.8, 4) is 5.75 Å². The van der Waals surface area contributed by atoms with Crippen LogP contribution in [0.4, 0.5) is 0 Å². The molecule has 1 heterocycles. The van der Waals surface area contributed by atoms with Crippen molar-refractivity contribution in [2.45, 2.75) is 19.4 Å². The minimum Gasteiger partial charge on any atom is -0.492 e. The van der Waals surface area contributed by atoms with Crippen molar-refractivity contribution in [1.29, 1.82) is 0 Å². The summed E-state index contributed by atoms with van der Waals surface area (Å²) in [5, 5.41) is 0. The lowest BCUT2D eigenvalue weighted by Gasteiger charge is -2.31. The lowest BCUT2D eigenvalue weighted by atomic mass is 9.95. The number of ether oxygens (including phenoxy) is 1. The van der Waals surface area contributed by atoms with E-state index in [1.54, 1.807) is 11.9 Å². The highest BCUT2D eigenvalue weighted by molar-refractivity contribution is 5.79. The third-order valence-electron chi connectivity index (χ3n) is 3.58. The Hall–Kier alpha value is -1.55. The Morgan fingerprint density at radius 1 is 1.56 bits per heavy atom. The monoisotopic (exact) mass is 248 g/mol. The molecule has 1 aliphatic heterocycles. The maximum atomic E-state index is 12.3. The first-order valence-electron chi connectivity index (χ1n) is 6.31. The molecule has 0 radical (unpaired) electrons. The van der Waals surface area contributed by atoms with Crippen LogP contribution in [0.1, 0.15) is 12.5 Å². The van der Waals surface area contributed by atoms with Gasteiger partial charge in [-0.3, -0.25) is 4.79 Å². The SMILES string of the molecule is CC(CN)N(C)C(=O)C1COc2ccccc2C1. The van der Waals surface area contributed by atoms with Gasteiger partial charge in [-0.05, 0) is 25.0 Å². The fourth-order valence-corrected chi connectivity index (χ4v) is 2.15. The number of rotatable bonds is 3. The van der Waals surface area contributed by atoms with Crippen molar-refractivity contribution >= 4 is 5.91 Å². The van der Waals surface area contributed by atoms with Crippen LogP contribution in [-0.4, -0.2) is 37.0 Å². The number of carbonyl (C=O) groups excluding carboxylic acids is 1. The van der Waals surface area contributed by atoms with Gasteiger partial charge in [-0.1, -0.05) is 18.2 Å². The predicted molar refractivity (Wildman–Crippen MR) is 70.4 cm³/mol. The topological polar surface area (TPSA) is 55.6 Å². The van der Waals surface area contributed by atoms with E-state index in [0.29, 0.717) is 13.2 Å². The van der Waals surface area contributed by atoms with Crippen molar-refractivity contribution in [3.05, 3.63) is 29.8 Å². The van der Waals surface area contributed by atoms with E-state index in [0.717, 1.165) is 17.7 Å². The average Bonchev–Trinajstić information content (AvgIpc) is 2.44. The third-order valence-corrected chi connectivity index (χ3v) is 3.58. The largest absolute Gasteiger partial charge is 0.492 e. The van der Waals surface area contributed by atoms with Crippen molar-refractivity contribution in [1.82, 2.24) is 4.90 Å². The molecule has 0 spiro atoms. The van der Waals surface area contributed by atoms with Gasteiger partial charge in [0.15, 0.2) is 0 Å². The summed E-state index contributed by atoms with van der Waals surface area (Å²) in [7, 11) is 1.81. The highest BCUT2D eigenvalue weighted by atomic mass is 16.5. The number of nitrogens with two attached hydrogens (primary N) is 1. The molecular weight excluding hydrogens is 228 g/mol. The number of hydrogen-bond donors (Lipinski definition) is 1. The molecule has 18 heavy (non-hydrogen) atoms. The number of benzene rings is 1. The number of para-hydroxylation sites is 1. The van der Waals surface area contributed by atoms with Gasteiger partial charge in [0.25, 0.3) is 0 Å². The van der Waals surface area contributed by atoms with Crippen molar-refractivity contribution < 1.29 is 9.53 Å². The molecule has 4 heteroatoms. The molecule has 1 aliphatic rings. The van der Waals surface area contributed by atoms with Crippen LogP contribution in [-0.2, 0) is 11.2 Å². The third kappa shape index (κ3) is 2.48. The van der Waals surface area contributed by atoms with Gasteiger partial charge in [0, 0.05) is 19.6 Å². The second kappa shape index (κ2) is 5.40. The van der Waals surface area contributed by atoms with E-state index < -0.39 is 0 Å². The molecule has 2 rings (SSSR count). The minimum absolute atomic E-state index is 0.0645. The zero-order chi connectivity index (χ0) is 13.1. The summed E-state index contributed by atoms with van der Waals surface area (Å²) in [4.78, 5) is 14.0. The molecule has 0 fully saturated rings. The van der Waals surface area contributed by atoms with Crippen LogP contribution in [0, 0.1) is 5.92 Å². The van der Waals surface area contributed by atoms with Crippen LogP contribution in [0.5, 0.6) is 5.75 Å². The van der Waals surface area contributed by atoms with E-state index in [1.807, 2.05) is 31.2 Å². The Balaban J connectivity index is 2.07. The molecule has 4 nitrogen and oxygen atoms in total. The Kier molecular flexibility index (Phi) is 3.87. The molecule has 0 saturated carbocycles. The molecule has 1 aromatic rings. The van der Waals surface area contributed by atoms with Gasteiger partial charge in [-0.25, -0.2) is 0 Å². The normalized spacial score (nSPS) is 19.6. The van der Waals surface area contributed by atoms with Crippen molar-refractivity contribution in [2.75, 3.05) is 20.2 Å². The molecular formula is C14H20N2O2. The summed E-state index contributed by atoms with van der Waals surface area (Å²) in [6.07, 6.45) is 0.747. The fraction of sp³-hybridized carbons (Fsp3) is 0.500. The second-order valence-electron chi connectivity index (χ2n) is 4.85. The van der Waals surface area contributed by atoms with E-state index in [-0.39, 0.29) is 17.9 Å². The Labute approximate surface area is 108 Å². The molecule has 98 valence electrons. The lowest BCUT2D eigenvalue weighted by molar-refractivity contribution is -0.137. The van der Waals surface area contributed by atoms with Gasteiger partial charge in [0.1, 0.15) is 12.4 Å². The molecule has 2 unspecified atom stereocenters. The van der Waals surface area contributed by atoms with E-state index in [9.17, 15) is 4.79 Å². The summed E-state index contributed by atoms with van der Waals surface area (Å²) < 4.78 is 5.64. The van der Waals surface area contributed by atoms with Gasteiger partial charge >= 0.3 is 0 Å². The fourth-order valence-electron chi connectivity index (χ4n) is 2.15. The van der Waals surface area contributed by atoms with Crippen LogP contribution in [0.2, 0.25) is 0 Å². The van der Waals surface area contributed by atoms with Crippen LogP contribution >= 0.6 is 0 Å². The maximum Gasteiger partial charge on any atom is 0.229 e. The molecule has 2 N–H and O–H groups in total. The zero-order valence-electron chi connectivity index (χ0n) is 10.9. The summed E-state index contributed by atoms with van der Waals surface area (Å²) in [5.41, 5.74) is 6.70. The van der Waals surface area contributed by atoms with Crippen LogP contribution in [0.25, 0.3) is 0 Å². The van der Waals surface area contributed by atoms with Crippen molar-refractivity contribution in [2.24, 2.45) is 11.7 Å².